The number of hydrogen-bond acceptors (Lipinski definition) is 7. The van der Waals surface area contributed by atoms with Crippen molar-refractivity contribution in [3.8, 4) is 11.5 Å². The van der Waals surface area contributed by atoms with Crippen LogP contribution >= 0.6 is 0 Å². The fraction of sp³-hybridized carbons (Fsp3) is 0.333. The summed E-state index contributed by atoms with van der Waals surface area (Å²) >= 11 is 0. The SMILES string of the molecule is COc1ccc(NC(=O)C2CCN(S(=O)(=O)c3c(C)noc3/C=C/c3ccc(C)cc3)CC2)c(OC)c1. The molecule has 4 rings (SSSR count). The predicted molar refractivity (Wildman–Crippen MR) is 141 cm³/mol. The fourth-order valence-corrected chi connectivity index (χ4v) is 5.99. The molecule has 0 spiro atoms. The molecule has 0 radical (unpaired) electrons. The topological polar surface area (TPSA) is 111 Å². The van der Waals surface area contributed by atoms with Crippen molar-refractivity contribution in [2.45, 2.75) is 31.6 Å². The van der Waals surface area contributed by atoms with Crippen LogP contribution in [0.3, 0.4) is 0 Å². The number of nitrogens with one attached hydrogen (secondary N) is 1. The maximum Gasteiger partial charge on any atom is 0.248 e. The highest BCUT2D eigenvalue weighted by Gasteiger charge is 2.36. The molecule has 1 amide bonds. The lowest BCUT2D eigenvalue weighted by atomic mass is 9.97. The van der Waals surface area contributed by atoms with Gasteiger partial charge in [-0.3, -0.25) is 4.79 Å². The molecule has 1 aromatic heterocycles. The Morgan fingerprint density at radius 3 is 2.41 bits per heavy atom. The van der Waals surface area contributed by atoms with Crippen LogP contribution in [-0.2, 0) is 14.8 Å². The monoisotopic (exact) mass is 525 g/mol. The number of rotatable bonds is 8. The molecule has 1 aliphatic rings. The number of sulfonamides is 1. The van der Waals surface area contributed by atoms with Crippen molar-refractivity contribution >= 4 is 33.8 Å². The van der Waals surface area contributed by atoms with Crippen molar-refractivity contribution < 1.29 is 27.2 Å². The minimum atomic E-state index is -3.86. The van der Waals surface area contributed by atoms with E-state index in [0.717, 1.165) is 11.1 Å². The Bertz CT molecular complexity index is 1390. The van der Waals surface area contributed by atoms with Crippen molar-refractivity contribution in [2.24, 2.45) is 5.92 Å². The molecule has 2 heterocycles. The Balaban J connectivity index is 1.44. The van der Waals surface area contributed by atoms with E-state index in [4.69, 9.17) is 14.0 Å². The fourth-order valence-electron chi connectivity index (χ4n) is 4.27. The third kappa shape index (κ3) is 5.86. The van der Waals surface area contributed by atoms with Crippen LogP contribution in [0.2, 0.25) is 0 Å². The minimum absolute atomic E-state index is 0.0572. The number of benzene rings is 2. The Labute approximate surface area is 217 Å². The first-order valence-corrected chi connectivity index (χ1v) is 13.4. The Hall–Kier alpha value is -3.63. The van der Waals surface area contributed by atoms with Crippen LogP contribution in [0.25, 0.3) is 12.2 Å². The lowest BCUT2D eigenvalue weighted by Crippen LogP contribution is -2.41. The zero-order valence-electron chi connectivity index (χ0n) is 21.4. The Kier molecular flexibility index (Phi) is 7.99. The second-order valence-corrected chi connectivity index (χ2v) is 10.8. The number of hydrogen-bond donors (Lipinski definition) is 1. The summed E-state index contributed by atoms with van der Waals surface area (Å²) in [7, 11) is -0.784. The van der Waals surface area contributed by atoms with E-state index in [0.29, 0.717) is 35.7 Å². The van der Waals surface area contributed by atoms with Crippen molar-refractivity contribution in [1.82, 2.24) is 9.46 Å². The van der Waals surface area contributed by atoms with Gasteiger partial charge >= 0.3 is 0 Å². The maximum absolute atomic E-state index is 13.5. The lowest BCUT2D eigenvalue weighted by molar-refractivity contribution is -0.120. The molecule has 0 bridgehead atoms. The van der Waals surface area contributed by atoms with Crippen LogP contribution in [0.5, 0.6) is 11.5 Å². The molecule has 2 aromatic carbocycles. The van der Waals surface area contributed by atoms with Gasteiger partial charge in [-0.15, -0.1) is 0 Å². The van der Waals surface area contributed by atoms with Crippen molar-refractivity contribution in [1.29, 1.82) is 0 Å². The predicted octanol–water partition coefficient (Wildman–Crippen LogP) is 4.52. The summed E-state index contributed by atoms with van der Waals surface area (Å²) in [6.45, 7) is 4.04. The number of carbonyl (C=O) groups is 1. The van der Waals surface area contributed by atoms with E-state index in [1.54, 1.807) is 44.4 Å². The molecular formula is C27H31N3O6S. The third-order valence-corrected chi connectivity index (χ3v) is 8.48. The van der Waals surface area contributed by atoms with Crippen molar-refractivity contribution in [2.75, 3.05) is 32.6 Å². The van der Waals surface area contributed by atoms with Gasteiger partial charge in [0.1, 0.15) is 17.2 Å². The molecule has 196 valence electrons. The van der Waals surface area contributed by atoms with E-state index in [2.05, 4.69) is 10.5 Å². The zero-order valence-corrected chi connectivity index (χ0v) is 22.2. The summed E-state index contributed by atoms with van der Waals surface area (Å²) in [4.78, 5) is 13.0. The molecule has 10 heteroatoms. The van der Waals surface area contributed by atoms with Crippen LogP contribution < -0.4 is 14.8 Å². The third-order valence-electron chi connectivity index (χ3n) is 6.43. The number of anilines is 1. The van der Waals surface area contributed by atoms with Crippen LogP contribution in [-0.4, -0.2) is 51.1 Å². The number of nitrogens with zero attached hydrogens (tertiary/aromatic N) is 2. The van der Waals surface area contributed by atoms with Gasteiger partial charge in [-0.25, -0.2) is 8.42 Å². The summed E-state index contributed by atoms with van der Waals surface area (Å²) in [6.07, 6.45) is 4.20. The standard InChI is InChI=1S/C27H31N3O6S/c1-18-5-7-20(8-6-18)9-12-24-26(19(2)29-36-24)37(32,33)30-15-13-21(14-16-30)27(31)28-23-11-10-22(34-3)17-25(23)35-4/h5-12,17,21H,13-16H2,1-4H3,(H,28,31)/b12-9+. The van der Waals surface area contributed by atoms with Crippen molar-refractivity contribution in [3.63, 3.8) is 0 Å². The molecule has 3 aromatic rings. The van der Waals surface area contributed by atoms with Gasteiger partial charge in [0, 0.05) is 25.1 Å². The molecule has 1 aliphatic heterocycles. The molecule has 37 heavy (non-hydrogen) atoms. The average molecular weight is 526 g/mol. The Morgan fingerprint density at radius 2 is 1.76 bits per heavy atom. The van der Waals surface area contributed by atoms with E-state index in [1.165, 1.54) is 11.4 Å². The van der Waals surface area contributed by atoms with Crippen molar-refractivity contribution in [3.05, 3.63) is 65.0 Å². The van der Waals surface area contributed by atoms with E-state index in [9.17, 15) is 13.2 Å². The van der Waals surface area contributed by atoms with E-state index < -0.39 is 10.0 Å². The summed E-state index contributed by atoms with van der Waals surface area (Å²) < 4.78 is 44.3. The molecule has 0 aliphatic carbocycles. The van der Waals surface area contributed by atoms with Crippen LogP contribution in [0.4, 0.5) is 5.69 Å². The smallest absolute Gasteiger partial charge is 0.248 e. The zero-order chi connectivity index (χ0) is 26.6. The highest BCUT2D eigenvalue weighted by molar-refractivity contribution is 7.89. The summed E-state index contributed by atoms with van der Waals surface area (Å²) in [5.41, 5.74) is 2.89. The summed E-state index contributed by atoms with van der Waals surface area (Å²) in [5.74, 6) is 0.781. The molecule has 0 atom stereocenters. The van der Waals surface area contributed by atoms with Gasteiger partial charge in [-0.1, -0.05) is 41.1 Å². The first-order chi connectivity index (χ1) is 17.7. The van der Waals surface area contributed by atoms with Gasteiger partial charge < -0.3 is 19.3 Å². The van der Waals surface area contributed by atoms with Gasteiger partial charge in [0.15, 0.2) is 10.7 Å². The van der Waals surface area contributed by atoms with Gasteiger partial charge in [0.2, 0.25) is 15.9 Å². The number of aryl methyl sites for hydroxylation is 2. The highest BCUT2D eigenvalue weighted by atomic mass is 32.2. The van der Waals surface area contributed by atoms with Gasteiger partial charge in [0.25, 0.3) is 0 Å². The van der Waals surface area contributed by atoms with Crippen LogP contribution in [0, 0.1) is 19.8 Å². The van der Waals surface area contributed by atoms with Crippen LogP contribution in [0.1, 0.15) is 35.4 Å². The van der Waals surface area contributed by atoms with Crippen LogP contribution in [0.15, 0.2) is 51.9 Å². The molecule has 1 fully saturated rings. The summed E-state index contributed by atoms with van der Waals surface area (Å²) in [5, 5.41) is 6.80. The maximum atomic E-state index is 13.5. The number of amides is 1. The number of carbonyl (C=O) groups excluding carboxylic acids is 1. The summed E-state index contributed by atoms with van der Waals surface area (Å²) in [6, 6.07) is 13.0. The minimum Gasteiger partial charge on any atom is -0.497 e. The molecule has 0 saturated carbocycles. The van der Waals surface area contributed by atoms with Gasteiger partial charge in [-0.05, 0) is 50.5 Å². The molecular weight excluding hydrogens is 494 g/mol. The van der Waals surface area contributed by atoms with Gasteiger partial charge in [0.05, 0.1) is 19.9 Å². The number of piperidine rings is 1. The molecule has 9 nitrogen and oxygen atoms in total. The number of ether oxygens (including phenoxy) is 2. The van der Waals surface area contributed by atoms with Gasteiger partial charge in [-0.2, -0.15) is 4.31 Å². The first kappa shape index (κ1) is 26.4. The molecule has 1 N–H and O–H groups in total. The average Bonchev–Trinajstić information content (AvgIpc) is 3.29. The van der Waals surface area contributed by atoms with E-state index in [-0.39, 0.29) is 35.6 Å². The largest absolute Gasteiger partial charge is 0.497 e. The highest BCUT2D eigenvalue weighted by Crippen LogP contribution is 2.32. The lowest BCUT2D eigenvalue weighted by Gasteiger charge is -2.30. The number of aromatic nitrogens is 1. The quantitative estimate of drug-likeness (QED) is 0.460. The Morgan fingerprint density at radius 1 is 1.05 bits per heavy atom. The van der Waals surface area contributed by atoms with E-state index in [1.807, 2.05) is 31.2 Å². The first-order valence-electron chi connectivity index (χ1n) is 12.0. The second-order valence-electron chi connectivity index (χ2n) is 8.94. The number of methoxy groups -OCH3 is 2. The molecule has 1 saturated heterocycles. The normalized spacial score (nSPS) is 15.1. The second kappa shape index (κ2) is 11.2. The van der Waals surface area contributed by atoms with E-state index >= 15 is 0 Å². The molecule has 0 unspecified atom stereocenters.